The Morgan fingerprint density at radius 3 is 2.75 bits per heavy atom. The number of nitrogens with one attached hydrogen (secondary N) is 1. The van der Waals surface area contributed by atoms with Crippen LogP contribution in [0.4, 0.5) is 0 Å². The molecule has 0 radical (unpaired) electrons. The van der Waals surface area contributed by atoms with Crippen LogP contribution in [0.1, 0.15) is 30.4 Å². The number of ether oxygens (including phenoxy) is 1. The Balaban J connectivity index is 0.00000208. The van der Waals surface area contributed by atoms with Crippen LogP contribution in [0.5, 0.6) is 11.5 Å². The van der Waals surface area contributed by atoms with Crippen LogP contribution in [0.25, 0.3) is 0 Å². The molecule has 4 nitrogen and oxygen atoms in total. The summed E-state index contributed by atoms with van der Waals surface area (Å²) >= 11 is 0. The molecule has 1 aromatic rings. The molecule has 0 amide bonds. The van der Waals surface area contributed by atoms with Crippen LogP contribution >= 0.6 is 12.4 Å². The molecule has 1 aromatic carbocycles. The van der Waals surface area contributed by atoms with Gasteiger partial charge >= 0.3 is 0 Å². The van der Waals surface area contributed by atoms with Crippen molar-refractivity contribution in [3.8, 4) is 11.5 Å². The number of nitrogens with zero attached hydrogens (tertiary/aromatic N) is 1. The standard InChI is InChI=1S/C19H28N2O2.ClH/c1-3-4-16-11-15(12-17(23-2)18(16)22)13-21-10-7-19(14-21)5-8-20-9-6-19;/h3,11-12,20,22H,1,4-10,13-14H2,2H3;1H. The molecule has 2 heterocycles. The van der Waals surface area contributed by atoms with Crippen molar-refractivity contribution in [3.63, 3.8) is 0 Å². The van der Waals surface area contributed by atoms with E-state index >= 15 is 0 Å². The summed E-state index contributed by atoms with van der Waals surface area (Å²) in [4.78, 5) is 2.55. The minimum Gasteiger partial charge on any atom is -0.504 e. The molecule has 3 rings (SSSR count). The molecule has 0 aromatic heterocycles. The number of halogens is 1. The third-order valence-corrected chi connectivity index (χ3v) is 5.39. The predicted octanol–water partition coefficient (Wildman–Crippen LogP) is 3.13. The van der Waals surface area contributed by atoms with Gasteiger partial charge in [-0.15, -0.1) is 19.0 Å². The zero-order valence-electron chi connectivity index (χ0n) is 14.5. The van der Waals surface area contributed by atoms with E-state index < -0.39 is 0 Å². The number of benzene rings is 1. The second-order valence-corrected chi connectivity index (χ2v) is 7.01. The zero-order valence-corrected chi connectivity index (χ0v) is 15.3. The molecule has 24 heavy (non-hydrogen) atoms. The normalized spacial score (nSPS) is 19.9. The second kappa shape index (κ2) is 8.24. The number of likely N-dealkylation sites (tertiary alicyclic amines) is 1. The van der Waals surface area contributed by atoms with E-state index in [0.717, 1.165) is 25.2 Å². The lowest BCUT2D eigenvalue weighted by molar-refractivity contribution is 0.194. The highest BCUT2D eigenvalue weighted by Crippen LogP contribution is 2.39. The Morgan fingerprint density at radius 1 is 1.33 bits per heavy atom. The SMILES string of the molecule is C=CCc1cc(CN2CCC3(CCNCC3)C2)cc(OC)c1O.Cl. The molecule has 5 heteroatoms. The van der Waals surface area contributed by atoms with Gasteiger partial charge in [-0.3, -0.25) is 4.90 Å². The lowest BCUT2D eigenvalue weighted by Crippen LogP contribution is -2.38. The highest BCUT2D eigenvalue weighted by Gasteiger charge is 2.38. The summed E-state index contributed by atoms with van der Waals surface area (Å²) in [6.07, 6.45) is 6.38. The van der Waals surface area contributed by atoms with Gasteiger partial charge in [0.2, 0.25) is 0 Å². The number of phenolic OH excluding ortho intramolecular Hbond substituents is 1. The van der Waals surface area contributed by atoms with Crippen molar-refractivity contribution in [2.75, 3.05) is 33.3 Å². The Labute approximate surface area is 151 Å². The molecule has 1 spiro atoms. The summed E-state index contributed by atoms with van der Waals surface area (Å²) in [6, 6.07) is 4.06. The summed E-state index contributed by atoms with van der Waals surface area (Å²) in [6.45, 7) is 9.37. The van der Waals surface area contributed by atoms with Crippen LogP contribution in [0, 0.1) is 5.41 Å². The van der Waals surface area contributed by atoms with E-state index in [-0.39, 0.29) is 18.2 Å². The molecular weight excluding hydrogens is 324 g/mol. The van der Waals surface area contributed by atoms with Crippen molar-refractivity contribution in [1.82, 2.24) is 10.2 Å². The number of piperidine rings is 1. The fourth-order valence-corrected chi connectivity index (χ4v) is 4.07. The maximum absolute atomic E-state index is 10.2. The topological polar surface area (TPSA) is 44.7 Å². The van der Waals surface area contributed by atoms with Crippen molar-refractivity contribution in [3.05, 3.63) is 35.9 Å². The van der Waals surface area contributed by atoms with Gasteiger partial charge in [-0.2, -0.15) is 0 Å². The van der Waals surface area contributed by atoms with E-state index in [4.69, 9.17) is 4.74 Å². The zero-order chi connectivity index (χ0) is 16.3. The van der Waals surface area contributed by atoms with E-state index in [1.807, 2.05) is 12.1 Å². The van der Waals surface area contributed by atoms with Gasteiger partial charge in [0.1, 0.15) is 0 Å². The van der Waals surface area contributed by atoms with Crippen molar-refractivity contribution in [2.24, 2.45) is 5.41 Å². The molecule has 2 saturated heterocycles. The second-order valence-electron chi connectivity index (χ2n) is 7.01. The molecular formula is C19H29ClN2O2. The Bertz CT molecular complexity index is 571. The first-order chi connectivity index (χ1) is 11.2. The van der Waals surface area contributed by atoms with Gasteiger partial charge in [0.15, 0.2) is 11.5 Å². The lowest BCUT2D eigenvalue weighted by Gasteiger charge is -2.34. The quantitative estimate of drug-likeness (QED) is 0.799. The molecule has 2 N–H and O–H groups in total. The third-order valence-electron chi connectivity index (χ3n) is 5.39. The lowest BCUT2D eigenvalue weighted by atomic mass is 9.78. The third kappa shape index (κ3) is 4.05. The molecule has 2 aliphatic rings. The van der Waals surface area contributed by atoms with E-state index in [1.54, 1.807) is 7.11 Å². The number of phenols is 1. The molecule has 0 unspecified atom stereocenters. The van der Waals surface area contributed by atoms with Gasteiger partial charge in [-0.1, -0.05) is 12.1 Å². The minimum atomic E-state index is 0. The largest absolute Gasteiger partial charge is 0.504 e. The Kier molecular flexibility index (Phi) is 6.55. The van der Waals surface area contributed by atoms with E-state index in [2.05, 4.69) is 22.9 Å². The Hall–Kier alpha value is -1.23. The van der Waals surface area contributed by atoms with Crippen LogP contribution in [0.2, 0.25) is 0 Å². The summed E-state index contributed by atoms with van der Waals surface area (Å²) in [7, 11) is 1.61. The summed E-state index contributed by atoms with van der Waals surface area (Å²) in [5.41, 5.74) is 2.63. The molecule has 134 valence electrons. The van der Waals surface area contributed by atoms with Crippen LogP contribution in [0.15, 0.2) is 24.8 Å². The van der Waals surface area contributed by atoms with Crippen LogP contribution < -0.4 is 10.1 Å². The fraction of sp³-hybridized carbons (Fsp3) is 0.579. The maximum atomic E-state index is 10.2. The van der Waals surface area contributed by atoms with E-state index in [1.165, 1.54) is 37.9 Å². The number of rotatable bonds is 5. The van der Waals surface area contributed by atoms with E-state index in [0.29, 0.717) is 17.6 Å². The van der Waals surface area contributed by atoms with E-state index in [9.17, 15) is 5.11 Å². The first-order valence-electron chi connectivity index (χ1n) is 8.58. The highest BCUT2D eigenvalue weighted by atomic mass is 35.5. The molecule has 2 fully saturated rings. The summed E-state index contributed by atoms with van der Waals surface area (Å²) in [5.74, 6) is 0.808. The summed E-state index contributed by atoms with van der Waals surface area (Å²) < 4.78 is 5.34. The van der Waals surface area contributed by atoms with Gasteiger partial charge in [0.25, 0.3) is 0 Å². The average Bonchev–Trinajstić information content (AvgIpc) is 2.93. The van der Waals surface area contributed by atoms with Gasteiger partial charge < -0.3 is 15.2 Å². The van der Waals surface area contributed by atoms with Gasteiger partial charge in [-0.25, -0.2) is 0 Å². The van der Waals surface area contributed by atoms with Crippen LogP contribution in [-0.4, -0.2) is 43.3 Å². The first kappa shape index (κ1) is 19.1. The molecule has 2 aliphatic heterocycles. The maximum Gasteiger partial charge on any atom is 0.161 e. The number of aromatic hydroxyl groups is 1. The summed E-state index contributed by atoms with van der Waals surface area (Å²) in [5, 5.41) is 13.7. The average molecular weight is 353 g/mol. The van der Waals surface area contributed by atoms with Crippen molar-refractivity contribution in [1.29, 1.82) is 0 Å². The molecule has 0 bridgehead atoms. The first-order valence-corrected chi connectivity index (χ1v) is 8.58. The van der Waals surface area contributed by atoms with Crippen LogP contribution in [0.3, 0.4) is 0 Å². The van der Waals surface area contributed by atoms with Crippen molar-refractivity contribution >= 4 is 12.4 Å². The molecule has 0 aliphatic carbocycles. The minimum absolute atomic E-state index is 0. The monoisotopic (exact) mass is 352 g/mol. The number of hydrogen-bond donors (Lipinski definition) is 2. The van der Waals surface area contributed by atoms with Crippen molar-refractivity contribution < 1.29 is 9.84 Å². The smallest absolute Gasteiger partial charge is 0.161 e. The van der Waals surface area contributed by atoms with Gasteiger partial charge in [0, 0.05) is 18.7 Å². The molecule has 0 atom stereocenters. The van der Waals surface area contributed by atoms with Gasteiger partial charge in [0.05, 0.1) is 7.11 Å². The fourth-order valence-electron chi connectivity index (χ4n) is 4.07. The Morgan fingerprint density at radius 2 is 2.08 bits per heavy atom. The van der Waals surface area contributed by atoms with Crippen LogP contribution in [-0.2, 0) is 13.0 Å². The van der Waals surface area contributed by atoms with Crippen molar-refractivity contribution in [2.45, 2.75) is 32.2 Å². The number of methoxy groups -OCH3 is 1. The number of allylic oxidation sites excluding steroid dienone is 1. The number of hydrogen-bond acceptors (Lipinski definition) is 4. The van der Waals surface area contributed by atoms with Gasteiger partial charge in [-0.05, 0) is 62.4 Å². The highest BCUT2D eigenvalue weighted by molar-refractivity contribution is 5.85. The predicted molar refractivity (Wildman–Crippen MR) is 100 cm³/mol. The molecule has 0 saturated carbocycles.